The molecule has 0 radical (unpaired) electrons. The van der Waals surface area contributed by atoms with Crippen molar-refractivity contribution in [2.75, 3.05) is 11.9 Å². The lowest BCUT2D eigenvalue weighted by Gasteiger charge is -2.14. The summed E-state index contributed by atoms with van der Waals surface area (Å²) < 4.78 is 35.2. The van der Waals surface area contributed by atoms with Gasteiger partial charge in [-0.15, -0.1) is 5.10 Å². The van der Waals surface area contributed by atoms with E-state index in [9.17, 15) is 8.42 Å². The van der Waals surface area contributed by atoms with E-state index < -0.39 is 10.2 Å². The first-order valence-corrected chi connectivity index (χ1v) is 14.1. The molecule has 11 heteroatoms. The first-order chi connectivity index (χ1) is 18.4. The molecule has 1 aliphatic carbocycles. The van der Waals surface area contributed by atoms with Gasteiger partial charge in [0.05, 0.1) is 12.1 Å². The average molecular weight is 532 g/mol. The molecule has 0 saturated heterocycles. The van der Waals surface area contributed by atoms with Crippen LogP contribution < -0.4 is 19.9 Å². The molecule has 196 valence electrons. The van der Waals surface area contributed by atoms with Crippen LogP contribution in [0.25, 0.3) is 22.4 Å². The standard InChI is InChI=1S/C27H29N7O3S/c1-18-14-22-21(16-30-38(28,35)36)8-5-9-23(22)33(18)27-31-26(29-15-19-6-3-2-4-7-19)24-12-13-25(34(24)32-27)37-17-20-10-11-20/h2-9,12-14,20,30H,10-11,15-17H2,1H3,(H2,28,35,36)(H,29,31,32). The van der Waals surface area contributed by atoms with Gasteiger partial charge in [0.15, 0.2) is 5.82 Å². The van der Waals surface area contributed by atoms with Crippen LogP contribution in [0, 0.1) is 12.8 Å². The summed E-state index contributed by atoms with van der Waals surface area (Å²) in [4.78, 5) is 4.94. The van der Waals surface area contributed by atoms with Crippen molar-refractivity contribution in [3.63, 3.8) is 0 Å². The zero-order valence-electron chi connectivity index (χ0n) is 21.0. The Morgan fingerprint density at radius 1 is 1.03 bits per heavy atom. The van der Waals surface area contributed by atoms with Crippen molar-refractivity contribution in [2.45, 2.75) is 32.9 Å². The maximum absolute atomic E-state index is 11.5. The van der Waals surface area contributed by atoms with E-state index in [4.69, 9.17) is 20.0 Å². The van der Waals surface area contributed by atoms with Crippen LogP contribution in [0.3, 0.4) is 0 Å². The predicted octanol–water partition coefficient (Wildman–Crippen LogP) is 3.68. The Balaban J connectivity index is 1.44. The topological polar surface area (TPSA) is 129 Å². The van der Waals surface area contributed by atoms with E-state index in [0.717, 1.165) is 33.2 Å². The third-order valence-corrected chi connectivity index (χ3v) is 7.26. The monoisotopic (exact) mass is 531 g/mol. The van der Waals surface area contributed by atoms with E-state index in [1.807, 2.05) is 66.1 Å². The summed E-state index contributed by atoms with van der Waals surface area (Å²) in [5.41, 5.74) is 4.53. The van der Waals surface area contributed by atoms with Gasteiger partial charge in [-0.2, -0.15) is 22.6 Å². The number of fused-ring (bicyclic) bond motifs is 2. The molecule has 0 aliphatic heterocycles. The number of hydrogen-bond acceptors (Lipinski definition) is 6. The summed E-state index contributed by atoms with van der Waals surface area (Å²) in [6, 6.07) is 21.8. The minimum Gasteiger partial charge on any atom is -0.477 e. The molecule has 10 nitrogen and oxygen atoms in total. The number of nitrogens with two attached hydrogens (primary N) is 1. The van der Waals surface area contributed by atoms with Gasteiger partial charge in [0.25, 0.3) is 16.2 Å². The lowest BCUT2D eigenvalue weighted by molar-refractivity contribution is 0.282. The zero-order valence-corrected chi connectivity index (χ0v) is 21.8. The minimum atomic E-state index is -3.82. The summed E-state index contributed by atoms with van der Waals surface area (Å²) >= 11 is 0. The van der Waals surface area contributed by atoms with Crippen molar-refractivity contribution in [1.82, 2.24) is 23.9 Å². The second-order valence-corrected chi connectivity index (χ2v) is 11.0. The van der Waals surface area contributed by atoms with Crippen LogP contribution in [0.15, 0.2) is 66.7 Å². The first-order valence-electron chi connectivity index (χ1n) is 12.5. The number of anilines is 1. The summed E-state index contributed by atoms with van der Waals surface area (Å²) in [5, 5.41) is 14.4. The molecule has 1 fully saturated rings. The lowest BCUT2D eigenvalue weighted by atomic mass is 10.1. The van der Waals surface area contributed by atoms with Crippen molar-refractivity contribution < 1.29 is 13.2 Å². The molecule has 38 heavy (non-hydrogen) atoms. The third kappa shape index (κ3) is 5.08. The van der Waals surface area contributed by atoms with E-state index in [2.05, 4.69) is 22.2 Å². The number of hydrogen-bond donors (Lipinski definition) is 3. The third-order valence-electron chi connectivity index (χ3n) is 6.72. The summed E-state index contributed by atoms with van der Waals surface area (Å²) in [6.45, 7) is 3.33. The maximum Gasteiger partial charge on any atom is 0.274 e. The largest absolute Gasteiger partial charge is 0.477 e. The molecule has 1 aliphatic rings. The molecule has 0 spiro atoms. The molecule has 0 unspecified atom stereocenters. The highest BCUT2D eigenvalue weighted by molar-refractivity contribution is 7.87. The van der Waals surface area contributed by atoms with Crippen molar-refractivity contribution in [2.24, 2.45) is 11.1 Å². The molecule has 5 aromatic rings. The SMILES string of the molecule is Cc1cc2c(CNS(N)(=O)=O)cccc2n1-c1nc(NCc2ccccc2)c2ccc(OCC3CC3)n2n1. The van der Waals surface area contributed by atoms with E-state index in [1.54, 1.807) is 4.52 Å². The second-order valence-electron chi connectivity index (χ2n) is 9.66. The van der Waals surface area contributed by atoms with Crippen LogP contribution in [0.4, 0.5) is 5.82 Å². The molecule has 6 rings (SSSR count). The summed E-state index contributed by atoms with van der Waals surface area (Å²) in [6.07, 6.45) is 2.40. The maximum atomic E-state index is 11.5. The fraction of sp³-hybridized carbons (Fsp3) is 0.259. The Kier molecular flexibility index (Phi) is 6.26. The average Bonchev–Trinajstić information content (AvgIpc) is 3.54. The van der Waals surface area contributed by atoms with Gasteiger partial charge >= 0.3 is 0 Å². The van der Waals surface area contributed by atoms with Gasteiger partial charge in [-0.1, -0.05) is 42.5 Å². The van der Waals surface area contributed by atoms with E-state index in [1.165, 1.54) is 12.8 Å². The highest BCUT2D eigenvalue weighted by Crippen LogP contribution is 2.31. The van der Waals surface area contributed by atoms with Crippen molar-refractivity contribution in [3.05, 3.63) is 83.6 Å². The Hall–Kier alpha value is -3.93. The van der Waals surface area contributed by atoms with Gasteiger partial charge < -0.3 is 10.1 Å². The van der Waals surface area contributed by atoms with Crippen LogP contribution in [-0.4, -0.2) is 34.2 Å². The number of benzene rings is 2. The summed E-state index contributed by atoms with van der Waals surface area (Å²) in [5.74, 6) is 2.45. The van der Waals surface area contributed by atoms with E-state index in [0.29, 0.717) is 36.7 Å². The number of aryl methyl sites for hydroxylation is 1. The molecule has 0 atom stereocenters. The Morgan fingerprint density at radius 3 is 2.61 bits per heavy atom. The number of ether oxygens (including phenoxy) is 1. The fourth-order valence-corrected chi connectivity index (χ4v) is 4.94. The highest BCUT2D eigenvalue weighted by Gasteiger charge is 2.23. The smallest absolute Gasteiger partial charge is 0.274 e. The predicted molar refractivity (Wildman–Crippen MR) is 146 cm³/mol. The van der Waals surface area contributed by atoms with Gasteiger partial charge in [-0.05, 0) is 55.0 Å². The van der Waals surface area contributed by atoms with Crippen LogP contribution in [0.1, 0.15) is 29.7 Å². The Morgan fingerprint density at radius 2 is 1.84 bits per heavy atom. The quantitative estimate of drug-likeness (QED) is 0.252. The van der Waals surface area contributed by atoms with Crippen LogP contribution in [0.5, 0.6) is 5.88 Å². The Labute approximate surface area is 220 Å². The van der Waals surface area contributed by atoms with Gasteiger partial charge in [-0.25, -0.2) is 5.14 Å². The molecule has 4 N–H and O–H groups in total. The molecule has 0 amide bonds. The van der Waals surface area contributed by atoms with Crippen LogP contribution >= 0.6 is 0 Å². The first kappa shape index (κ1) is 24.4. The van der Waals surface area contributed by atoms with E-state index >= 15 is 0 Å². The molecule has 2 aromatic carbocycles. The van der Waals surface area contributed by atoms with Crippen LogP contribution in [0.2, 0.25) is 0 Å². The van der Waals surface area contributed by atoms with Gasteiger partial charge in [0.2, 0.25) is 5.88 Å². The molecular weight excluding hydrogens is 502 g/mol. The van der Waals surface area contributed by atoms with Crippen LogP contribution in [-0.2, 0) is 23.3 Å². The number of nitrogens with zero attached hydrogens (tertiary/aromatic N) is 4. The van der Waals surface area contributed by atoms with Gasteiger partial charge in [0.1, 0.15) is 5.52 Å². The van der Waals surface area contributed by atoms with Crippen molar-refractivity contribution in [1.29, 1.82) is 0 Å². The number of aromatic nitrogens is 4. The minimum absolute atomic E-state index is 0.0835. The number of rotatable bonds is 10. The lowest BCUT2D eigenvalue weighted by Crippen LogP contribution is -2.30. The number of nitrogens with one attached hydrogen (secondary N) is 2. The van der Waals surface area contributed by atoms with Gasteiger partial charge in [0, 0.05) is 30.2 Å². The van der Waals surface area contributed by atoms with Crippen molar-refractivity contribution >= 4 is 32.4 Å². The fourth-order valence-electron chi connectivity index (χ4n) is 4.59. The molecule has 0 bridgehead atoms. The normalized spacial score (nSPS) is 13.8. The highest BCUT2D eigenvalue weighted by atomic mass is 32.2. The zero-order chi connectivity index (χ0) is 26.3. The molecular formula is C27H29N7O3S. The van der Waals surface area contributed by atoms with E-state index in [-0.39, 0.29) is 6.54 Å². The molecule has 3 aromatic heterocycles. The Bertz CT molecular complexity index is 1720. The summed E-state index contributed by atoms with van der Waals surface area (Å²) in [7, 11) is -3.82. The molecule has 3 heterocycles. The van der Waals surface area contributed by atoms with Gasteiger partial charge in [-0.3, -0.25) is 4.57 Å². The van der Waals surface area contributed by atoms with Crippen molar-refractivity contribution in [3.8, 4) is 11.8 Å². The molecule has 1 saturated carbocycles. The second kappa shape index (κ2) is 9.75.